The lowest BCUT2D eigenvalue weighted by molar-refractivity contribution is 0.0107. The van der Waals surface area contributed by atoms with Gasteiger partial charge in [0.05, 0.1) is 0 Å². The Bertz CT molecular complexity index is 314. The van der Waals surface area contributed by atoms with Gasteiger partial charge in [-0.15, -0.1) is 0 Å². The summed E-state index contributed by atoms with van der Waals surface area (Å²) < 4.78 is 0. The summed E-state index contributed by atoms with van der Waals surface area (Å²) in [5.74, 6) is 0.993. The van der Waals surface area contributed by atoms with Gasteiger partial charge in [0.15, 0.2) is 0 Å². The van der Waals surface area contributed by atoms with Crippen molar-refractivity contribution in [3.05, 3.63) is 0 Å². The van der Waals surface area contributed by atoms with E-state index in [-0.39, 0.29) is 0 Å². The highest BCUT2D eigenvalue weighted by molar-refractivity contribution is 4.97. The number of nitrogens with one attached hydrogen (secondary N) is 1. The van der Waals surface area contributed by atoms with Gasteiger partial charge in [0, 0.05) is 31.7 Å². The molecule has 2 nitrogen and oxygen atoms in total. The second-order valence-corrected chi connectivity index (χ2v) is 8.96. The molecule has 0 aromatic carbocycles. The van der Waals surface area contributed by atoms with Crippen LogP contribution in [0.4, 0.5) is 0 Å². The van der Waals surface area contributed by atoms with Crippen molar-refractivity contribution >= 4 is 0 Å². The number of hydrogen-bond acceptors (Lipinski definition) is 2. The highest BCUT2D eigenvalue weighted by Gasteiger charge is 2.42. The van der Waals surface area contributed by atoms with Crippen LogP contribution in [0, 0.1) is 16.7 Å². The highest BCUT2D eigenvalue weighted by atomic mass is 15.2. The van der Waals surface area contributed by atoms with Crippen molar-refractivity contribution in [1.29, 1.82) is 0 Å². The Kier molecular flexibility index (Phi) is 3.46. The quantitative estimate of drug-likeness (QED) is 0.823. The number of piperazine rings is 1. The average Bonchev–Trinajstić information content (AvgIpc) is 3.08. The van der Waals surface area contributed by atoms with Gasteiger partial charge >= 0.3 is 0 Å². The van der Waals surface area contributed by atoms with Crippen LogP contribution in [-0.4, -0.2) is 36.6 Å². The third kappa shape index (κ3) is 3.33. The summed E-state index contributed by atoms with van der Waals surface area (Å²) in [4.78, 5) is 2.82. The number of nitrogens with zero attached hydrogens (tertiary/aromatic N) is 1. The molecule has 1 heterocycles. The predicted octanol–water partition coefficient (Wildman–Crippen LogP) is 3.28. The van der Waals surface area contributed by atoms with Gasteiger partial charge in [-0.2, -0.15) is 0 Å². The van der Waals surface area contributed by atoms with Gasteiger partial charge in [-0.25, -0.2) is 0 Å². The molecule has 3 fully saturated rings. The van der Waals surface area contributed by atoms with Crippen LogP contribution in [-0.2, 0) is 0 Å². The minimum absolute atomic E-state index is 0.520. The first kappa shape index (κ1) is 13.9. The molecule has 1 unspecified atom stereocenters. The molecule has 2 saturated carbocycles. The van der Waals surface area contributed by atoms with Crippen LogP contribution in [0.15, 0.2) is 0 Å². The van der Waals surface area contributed by atoms with Crippen molar-refractivity contribution in [3.8, 4) is 0 Å². The molecule has 1 saturated heterocycles. The van der Waals surface area contributed by atoms with Crippen molar-refractivity contribution in [1.82, 2.24) is 10.2 Å². The Morgan fingerprint density at radius 1 is 1.00 bits per heavy atom. The highest BCUT2D eigenvalue weighted by Crippen LogP contribution is 2.47. The molecule has 0 amide bonds. The van der Waals surface area contributed by atoms with E-state index in [1.165, 1.54) is 51.7 Å². The molecule has 2 aliphatic carbocycles. The summed E-state index contributed by atoms with van der Waals surface area (Å²) in [7, 11) is 0. The maximum absolute atomic E-state index is 3.75. The van der Waals surface area contributed by atoms with Gasteiger partial charge in [-0.3, -0.25) is 4.90 Å². The Labute approximate surface area is 119 Å². The largest absolute Gasteiger partial charge is 0.311 e. The Hall–Kier alpha value is -0.0800. The molecule has 0 spiro atoms. The summed E-state index contributed by atoms with van der Waals surface area (Å²) >= 11 is 0. The summed E-state index contributed by atoms with van der Waals surface area (Å²) in [6, 6.07) is 1.61. The van der Waals surface area contributed by atoms with Gasteiger partial charge < -0.3 is 5.32 Å². The number of rotatable bonds is 2. The van der Waals surface area contributed by atoms with Crippen LogP contribution in [0.5, 0.6) is 0 Å². The van der Waals surface area contributed by atoms with E-state index >= 15 is 0 Å². The zero-order valence-electron chi connectivity index (χ0n) is 13.3. The van der Waals surface area contributed by atoms with Gasteiger partial charge in [0.1, 0.15) is 0 Å². The molecule has 110 valence electrons. The molecular formula is C17H32N2. The van der Waals surface area contributed by atoms with Crippen molar-refractivity contribution in [3.63, 3.8) is 0 Å². The fourth-order valence-corrected chi connectivity index (χ4v) is 4.99. The summed E-state index contributed by atoms with van der Waals surface area (Å²) in [6.07, 6.45) is 7.11. The van der Waals surface area contributed by atoms with E-state index in [2.05, 4.69) is 37.9 Å². The van der Waals surface area contributed by atoms with Crippen molar-refractivity contribution in [2.75, 3.05) is 19.6 Å². The van der Waals surface area contributed by atoms with E-state index < -0.39 is 0 Å². The van der Waals surface area contributed by atoms with Gasteiger partial charge in [0.2, 0.25) is 0 Å². The van der Waals surface area contributed by atoms with Crippen molar-refractivity contribution in [2.45, 2.75) is 71.9 Å². The van der Waals surface area contributed by atoms with Gasteiger partial charge in [-0.05, 0) is 48.9 Å². The van der Waals surface area contributed by atoms with Crippen LogP contribution in [0.2, 0.25) is 0 Å². The fraction of sp³-hybridized carbons (Fsp3) is 1.00. The maximum atomic E-state index is 3.75. The van der Waals surface area contributed by atoms with Crippen LogP contribution < -0.4 is 5.32 Å². The summed E-state index contributed by atoms with van der Waals surface area (Å²) in [5.41, 5.74) is 1.04. The summed E-state index contributed by atoms with van der Waals surface area (Å²) in [5, 5.41) is 3.75. The molecule has 3 aliphatic rings. The normalized spacial score (nSPS) is 36.3. The Morgan fingerprint density at radius 2 is 1.63 bits per heavy atom. The van der Waals surface area contributed by atoms with E-state index in [0.717, 1.165) is 18.0 Å². The first-order valence-corrected chi connectivity index (χ1v) is 8.32. The fourth-order valence-electron chi connectivity index (χ4n) is 4.99. The topological polar surface area (TPSA) is 15.3 Å². The molecule has 2 heteroatoms. The van der Waals surface area contributed by atoms with E-state index in [4.69, 9.17) is 0 Å². The molecule has 0 aromatic heterocycles. The van der Waals surface area contributed by atoms with E-state index in [1.807, 2.05) is 0 Å². The van der Waals surface area contributed by atoms with Crippen molar-refractivity contribution in [2.24, 2.45) is 16.7 Å². The zero-order chi connectivity index (χ0) is 13.7. The monoisotopic (exact) mass is 264 g/mol. The van der Waals surface area contributed by atoms with Crippen LogP contribution in [0.1, 0.15) is 59.8 Å². The van der Waals surface area contributed by atoms with Crippen LogP contribution >= 0.6 is 0 Å². The van der Waals surface area contributed by atoms with Crippen LogP contribution in [0.3, 0.4) is 0 Å². The molecular weight excluding hydrogens is 232 g/mol. The minimum atomic E-state index is 0.520. The van der Waals surface area contributed by atoms with E-state index in [0.29, 0.717) is 10.8 Å². The maximum Gasteiger partial charge on any atom is 0.0223 e. The smallest absolute Gasteiger partial charge is 0.0223 e. The standard InChI is InChI=1S/C17H32N2/c1-16(2)9-14(10-17(3,4)12-16)19-8-7-18-15(11-19)13-5-6-13/h13-15,18H,5-12H2,1-4H3. The van der Waals surface area contributed by atoms with Crippen molar-refractivity contribution < 1.29 is 0 Å². The lowest BCUT2D eigenvalue weighted by Gasteiger charge is -2.50. The van der Waals surface area contributed by atoms with Gasteiger partial charge in [0.25, 0.3) is 0 Å². The van der Waals surface area contributed by atoms with Crippen LogP contribution in [0.25, 0.3) is 0 Å². The molecule has 0 aromatic rings. The molecule has 1 N–H and O–H groups in total. The first-order chi connectivity index (χ1) is 8.85. The summed E-state index contributed by atoms with van der Waals surface area (Å²) in [6.45, 7) is 13.7. The number of hydrogen-bond donors (Lipinski definition) is 1. The second-order valence-electron chi connectivity index (χ2n) is 8.96. The zero-order valence-corrected chi connectivity index (χ0v) is 13.3. The molecule has 1 atom stereocenters. The molecule has 19 heavy (non-hydrogen) atoms. The molecule has 3 rings (SSSR count). The average molecular weight is 264 g/mol. The molecule has 0 bridgehead atoms. The Morgan fingerprint density at radius 3 is 2.21 bits per heavy atom. The third-order valence-electron chi connectivity index (χ3n) is 5.48. The Balaban J connectivity index is 1.66. The predicted molar refractivity (Wildman–Crippen MR) is 81.3 cm³/mol. The SMILES string of the molecule is CC1(C)CC(N2CCNC(C3CC3)C2)CC(C)(C)C1. The van der Waals surface area contributed by atoms with Gasteiger partial charge in [-0.1, -0.05) is 27.7 Å². The molecule has 1 aliphatic heterocycles. The third-order valence-corrected chi connectivity index (χ3v) is 5.48. The lowest BCUT2D eigenvalue weighted by Crippen LogP contribution is -2.57. The first-order valence-electron chi connectivity index (χ1n) is 8.32. The molecule has 0 radical (unpaired) electrons. The second kappa shape index (κ2) is 4.73. The lowest BCUT2D eigenvalue weighted by atomic mass is 9.63. The van der Waals surface area contributed by atoms with E-state index in [9.17, 15) is 0 Å². The minimum Gasteiger partial charge on any atom is -0.311 e. The van der Waals surface area contributed by atoms with E-state index in [1.54, 1.807) is 0 Å².